The van der Waals surface area contributed by atoms with Crippen molar-refractivity contribution in [1.29, 1.82) is 0 Å². The van der Waals surface area contributed by atoms with Gasteiger partial charge in [0.05, 0.1) is 18.6 Å². The Morgan fingerprint density at radius 2 is 1.75 bits per heavy atom. The topological polar surface area (TPSA) is 89.9 Å². The lowest BCUT2D eigenvalue weighted by molar-refractivity contribution is -0.130. The van der Waals surface area contributed by atoms with E-state index in [9.17, 15) is 19.8 Å². The number of nitrogens with one attached hydrogen (secondary N) is 1. The molecule has 1 aliphatic rings. The molecule has 0 spiro atoms. The van der Waals surface area contributed by atoms with Crippen LogP contribution in [0.2, 0.25) is 0 Å². The Bertz CT molecular complexity index is 490. The monoisotopic (exact) mass is 278 g/mol. The molecule has 3 N–H and O–H groups in total. The van der Waals surface area contributed by atoms with Gasteiger partial charge in [0.1, 0.15) is 0 Å². The molecule has 1 saturated heterocycles. The number of likely N-dealkylation sites (tertiary alicyclic amines) is 1. The number of aliphatic hydroxyl groups excluding tert-OH is 2. The lowest BCUT2D eigenvalue weighted by Gasteiger charge is -2.15. The molecular formula is C14H18N2O4. The number of benzene rings is 1. The fraction of sp³-hybridized carbons (Fsp3) is 0.429. The summed E-state index contributed by atoms with van der Waals surface area (Å²) in [6.45, 7) is 1.77. The molecule has 1 aliphatic heterocycles. The molecule has 0 radical (unpaired) electrons. The highest BCUT2D eigenvalue weighted by molar-refractivity contribution is 5.88. The van der Waals surface area contributed by atoms with Crippen LogP contribution in [0.1, 0.15) is 12.5 Å². The molecule has 1 aromatic rings. The Morgan fingerprint density at radius 3 is 2.25 bits per heavy atom. The minimum absolute atomic E-state index is 0.132. The van der Waals surface area contributed by atoms with Crippen LogP contribution in [-0.4, -0.2) is 52.2 Å². The van der Waals surface area contributed by atoms with Crippen LogP contribution in [0.3, 0.4) is 0 Å². The van der Waals surface area contributed by atoms with Gasteiger partial charge in [-0.05, 0) is 17.7 Å². The van der Waals surface area contributed by atoms with Gasteiger partial charge >= 0.3 is 0 Å². The first-order valence-electron chi connectivity index (χ1n) is 6.46. The van der Waals surface area contributed by atoms with E-state index >= 15 is 0 Å². The van der Waals surface area contributed by atoms with E-state index in [2.05, 4.69) is 5.32 Å². The molecule has 2 rings (SSSR count). The maximum Gasteiger partial charge on any atom is 0.227 e. The number of carbonyl (C=O) groups is 2. The second-order valence-corrected chi connectivity index (χ2v) is 4.99. The highest BCUT2D eigenvalue weighted by Crippen LogP contribution is 2.14. The van der Waals surface area contributed by atoms with E-state index in [1.165, 1.54) is 11.8 Å². The smallest absolute Gasteiger partial charge is 0.227 e. The summed E-state index contributed by atoms with van der Waals surface area (Å²) in [5.41, 5.74) is 1.50. The minimum Gasteiger partial charge on any atom is -0.388 e. The van der Waals surface area contributed by atoms with Gasteiger partial charge in [0, 0.05) is 25.7 Å². The van der Waals surface area contributed by atoms with Gasteiger partial charge < -0.3 is 20.4 Å². The maximum atomic E-state index is 12.0. The molecule has 0 aliphatic carbocycles. The van der Waals surface area contributed by atoms with E-state index in [1.807, 2.05) is 0 Å². The van der Waals surface area contributed by atoms with Crippen LogP contribution in [-0.2, 0) is 16.0 Å². The molecular weight excluding hydrogens is 260 g/mol. The van der Waals surface area contributed by atoms with E-state index in [-0.39, 0.29) is 31.3 Å². The Kier molecular flexibility index (Phi) is 4.36. The van der Waals surface area contributed by atoms with Crippen molar-refractivity contribution in [3.8, 4) is 0 Å². The van der Waals surface area contributed by atoms with Crippen LogP contribution < -0.4 is 5.32 Å². The number of carbonyl (C=O) groups excluding carboxylic acids is 2. The van der Waals surface area contributed by atoms with Crippen molar-refractivity contribution >= 4 is 17.5 Å². The van der Waals surface area contributed by atoms with Gasteiger partial charge in [-0.25, -0.2) is 0 Å². The molecule has 20 heavy (non-hydrogen) atoms. The average Bonchev–Trinajstić information content (AvgIpc) is 2.71. The molecule has 2 amide bonds. The number of aliphatic hydroxyl groups is 2. The highest BCUT2D eigenvalue weighted by atomic mass is 16.3. The second kappa shape index (κ2) is 6.02. The zero-order valence-electron chi connectivity index (χ0n) is 11.2. The van der Waals surface area contributed by atoms with Crippen LogP contribution in [0.25, 0.3) is 0 Å². The number of nitrogens with zero attached hydrogens (tertiary/aromatic N) is 1. The van der Waals surface area contributed by atoms with Crippen LogP contribution in [0.5, 0.6) is 0 Å². The van der Waals surface area contributed by atoms with Gasteiger partial charge in [-0.3, -0.25) is 9.59 Å². The summed E-state index contributed by atoms with van der Waals surface area (Å²) in [6, 6.07) is 7.01. The summed E-state index contributed by atoms with van der Waals surface area (Å²) in [5.74, 6) is -0.276. The number of hydrogen-bond donors (Lipinski definition) is 3. The predicted molar refractivity (Wildman–Crippen MR) is 73.0 cm³/mol. The lowest BCUT2D eigenvalue weighted by atomic mass is 10.1. The first-order chi connectivity index (χ1) is 9.45. The molecule has 0 bridgehead atoms. The van der Waals surface area contributed by atoms with Crippen molar-refractivity contribution < 1.29 is 19.8 Å². The summed E-state index contributed by atoms with van der Waals surface area (Å²) < 4.78 is 0. The molecule has 1 fully saturated rings. The van der Waals surface area contributed by atoms with E-state index in [1.54, 1.807) is 24.3 Å². The number of rotatable bonds is 3. The minimum atomic E-state index is -0.860. The fourth-order valence-electron chi connectivity index (χ4n) is 2.17. The molecule has 0 aromatic heterocycles. The first kappa shape index (κ1) is 14.5. The van der Waals surface area contributed by atoms with Crippen molar-refractivity contribution in [2.75, 3.05) is 18.4 Å². The highest BCUT2D eigenvalue weighted by Gasteiger charge is 2.32. The van der Waals surface area contributed by atoms with Gasteiger partial charge in [0.25, 0.3) is 0 Å². The molecule has 0 unspecified atom stereocenters. The zero-order chi connectivity index (χ0) is 14.7. The van der Waals surface area contributed by atoms with Crippen molar-refractivity contribution in [3.05, 3.63) is 29.8 Å². The van der Waals surface area contributed by atoms with Gasteiger partial charge in [-0.2, -0.15) is 0 Å². The van der Waals surface area contributed by atoms with Gasteiger partial charge in [0.15, 0.2) is 0 Å². The summed E-state index contributed by atoms with van der Waals surface area (Å²) in [6.07, 6.45) is -1.51. The van der Waals surface area contributed by atoms with E-state index < -0.39 is 12.2 Å². The number of amides is 2. The standard InChI is InChI=1S/C14H18N2O4/c1-9(17)15-11-4-2-10(3-5-11)6-14(20)16-7-12(18)13(19)8-16/h2-5,12-13,18-19H,6-8H2,1H3,(H,15,17)/t12-,13+. The van der Waals surface area contributed by atoms with Gasteiger partial charge in [-0.1, -0.05) is 12.1 Å². The molecule has 108 valence electrons. The summed E-state index contributed by atoms with van der Waals surface area (Å²) in [4.78, 5) is 24.3. The lowest BCUT2D eigenvalue weighted by Crippen LogP contribution is -2.31. The van der Waals surface area contributed by atoms with Gasteiger partial charge in [-0.15, -0.1) is 0 Å². The van der Waals surface area contributed by atoms with Crippen LogP contribution in [0, 0.1) is 0 Å². The molecule has 0 saturated carbocycles. The third-order valence-corrected chi connectivity index (χ3v) is 3.24. The number of β-amino-alcohol motifs (C(OH)–C–C–N with tert-alkyl or cyclic N) is 2. The van der Waals surface area contributed by atoms with E-state index in [0.717, 1.165) is 5.56 Å². The zero-order valence-corrected chi connectivity index (χ0v) is 11.2. The van der Waals surface area contributed by atoms with Crippen molar-refractivity contribution in [2.45, 2.75) is 25.6 Å². The Labute approximate surface area is 117 Å². The Hall–Kier alpha value is -1.92. The third-order valence-electron chi connectivity index (χ3n) is 3.24. The van der Waals surface area contributed by atoms with E-state index in [0.29, 0.717) is 5.69 Å². The summed E-state index contributed by atoms with van der Waals surface area (Å²) in [5, 5.41) is 21.5. The number of hydrogen-bond acceptors (Lipinski definition) is 4. The molecule has 1 heterocycles. The molecule has 2 atom stereocenters. The molecule has 6 nitrogen and oxygen atoms in total. The normalized spacial score (nSPS) is 21.9. The Balaban J connectivity index is 1.93. The SMILES string of the molecule is CC(=O)Nc1ccc(CC(=O)N2C[C@@H](O)[C@@H](O)C2)cc1. The van der Waals surface area contributed by atoms with E-state index in [4.69, 9.17) is 0 Å². The van der Waals surface area contributed by atoms with Crippen molar-refractivity contribution in [2.24, 2.45) is 0 Å². The third kappa shape index (κ3) is 3.55. The molecule has 6 heteroatoms. The second-order valence-electron chi connectivity index (χ2n) is 4.99. The summed E-state index contributed by atoms with van der Waals surface area (Å²) >= 11 is 0. The first-order valence-corrected chi connectivity index (χ1v) is 6.46. The number of anilines is 1. The fourth-order valence-corrected chi connectivity index (χ4v) is 2.17. The van der Waals surface area contributed by atoms with Crippen LogP contribution >= 0.6 is 0 Å². The largest absolute Gasteiger partial charge is 0.388 e. The quantitative estimate of drug-likeness (QED) is 0.711. The van der Waals surface area contributed by atoms with Crippen LogP contribution in [0.4, 0.5) is 5.69 Å². The Morgan fingerprint density at radius 1 is 1.20 bits per heavy atom. The summed E-state index contributed by atoms with van der Waals surface area (Å²) in [7, 11) is 0. The molecule has 1 aromatic carbocycles. The maximum absolute atomic E-state index is 12.0. The van der Waals surface area contributed by atoms with Crippen LogP contribution in [0.15, 0.2) is 24.3 Å². The van der Waals surface area contributed by atoms with Gasteiger partial charge in [0.2, 0.25) is 11.8 Å². The van der Waals surface area contributed by atoms with Crippen molar-refractivity contribution in [3.63, 3.8) is 0 Å². The predicted octanol–water partition coefficient (Wildman–Crippen LogP) is -0.249. The van der Waals surface area contributed by atoms with Crippen molar-refractivity contribution in [1.82, 2.24) is 4.90 Å². The average molecular weight is 278 g/mol.